The highest BCUT2D eigenvalue weighted by Crippen LogP contribution is 2.48. The average Bonchev–Trinajstić information content (AvgIpc) is 3.29. The first-order valence-electron chi connectivity index (χ1n) is 6.56. The largest absolute Gasteiger partial charge is 0.481 e. The van der Waals surface area contributed by atoms with E-state index in [4.69, 9.17) is 0 Å². The number of hydrogen-bond donors (Lipinski definition) is 2. The van der Waals surface area contributed by atoms with E-state index in [1.165, 1.54) is 0 Å². The highest BCUT2D eigenvalue weighted by molar-refractivity contribution is 5.84. The van der Waals surface area contributed by atoms with Gasteiger partial charge in [-0.15, -0.1) is 0 Å². The van der Waals surface area contributed by atoms with Gasteiger partial charge in [-0.1, -0.05) is 30.3 Å². The SMILES string of the molecule is O=C(O)C1(c2cccc(C(O)c3ccccn3)c2)CC1. The Morgan fingerprint density at radius 2 is 2.00 bits per heavy atom. The van der Waals surface area contributed by atoms with Gasteiger partial charge in [0.2, 0.25) is 0 Å². The maximum atomic E-state index is 11.4. The van der Waals surface area contributed by atoms with Crippen molar-refractivity contribution in [3.8, 4) is 0 Å². The Morgan fingerprint density at radius 3 is 2.60 bits per heavy atom. The van der Waals surface area contributed by atoms with Crippen molar-refractivity contribution in [1.82, 2.24) is 4.98 Å². The molecular formula is C16H15NO3. The molecule has 0 saturated heterocycles. The minimum absolute atomic E-state index is 0.560. The van der Waals surface area contributed by atoms with Crippen molar-refractivity contribution in [2.24, 2.45) is 0 Å². The van der Waals surface area contributed by atoms with E-state index in [-0.39, 0.29) is 0 Å². The quantitative estimate of drug-likeness (QED) is 0.893. The second-order valence-electron chi connectivity index (χ2n) is 5.17. The molecular weight excluding hydrogens is 254 g/mol. The van der Waals surface area contributed by atoms with Crippen molar-refractivity contribution in [1.29, 1.82) is 0 Å². The summed E-state index contributed by atoms with van der Waals surface area (Å²) in [6.45, 7) is 0. The van der Waals surface area contributed by atoms with Crippen LogP contribution in [0.5, 0.6) is 0 Å². The van der Waals surface area contributed by atoms with E-state index in [9.17, 15) is 15.0 Å². The Morgan fingerprint density at radius 1 is 1.20 bits per heavy atom. The van der Waals surface area contributed by atoms with Gasteiger partial charge in [-0.2, -0.15) is 0 Å². The summed E-state index contributed by atoms with van der Waals surface area (Å²) >= 11 is 0. The molecule has 0 aliphatic heterocycles. The first-order valence-corrected chi connectivity index (χ1v) is 6.56. The Labute approximate surface area is 116 Å². The summed E-state index contributed by atoms with van der Waals surface area (Å²) in [6, 6.07) is 12.5. The molecule has 4 nitrogen and oxygen atoms in total. The Hall–Kier alpha value is -2.20. The van der Waals surface area contributed by atoms with Crippen LogP contribution in [0.3, 0.4) is 0 Å². The summed E-state index contributed by atoms with van der Waals surface area (Å²) in [5, 5.41) is 19.7. The zero-order valence-corrected chi connectivity index (χ0v) is 10.9. The molecule has 2 N–H and O–H groups in total. The first kappa shape index (κ1) is 12.8. The van der Waals surface area contributed by atoms with Crippen molar-refractivity contribution in [3.05, 3.63) is 65.5 Å². The van der Waals surface area contributed by atoms with Gasteiger partial charge in [-0.3, -0.25) is 9.78 Å². The third-order valence-electron chi connectivity index (χ3n) is 3.88. The van der Waals surface area contributed by atoms with Crippen LogP contribution in [0.1, 0.15) is 35.8 Å². The molecule has 1 saturated carbocycles. The topological polar surface area (TPSA) is 70.4 Å². The van der Waals surface area contributed by atoms with Gasteiger partial charge in [0.15, 0.2) is 0 Å². The van der Waals surface area contributed by atoms with Crippen LogP contribution in [0.15, 0.2) is 48.7 Å². The summed E-state index contributed by atoms with van der Waals surface area (Å²) in [6.07, 6.45) is 2.11. The van der Waals surface area contributed by atoms with Gasteiger partial charge in [0, 0.05) is 6.20 Å². The molecule has 1 heterocycles. The Balaban J connectivity index is 1.94. The van der Waals surface area contributed by atoms with E-state index >= 15 is 0 Å². The summed E-state index contributed by atoms with van der Waals surface area (Å²) < 4.78 is 0. The molecule has 2 aromatic rings. The molecule has 4 heteroatoms. The van der Waals surface area contributed by atoms with E-state index in [2.05, 4.69) is 4.98 Å². The minimum atomic E-state index is -0.833. The molecule has 0 spiro atoms. The first-order chi connectivity index (χ1) is 9.63. The van der Waals surface area contributed by atoms with Gasteiger partial charge in [-0.05, 0) is 36.1 Å². The second kappa shape index (κ2) is 4.72. The van der Waals surface area contributed by atoms with Crippen LogP contribution in [0.25, 0.3) is 0 Å². The molecule has 1 atom stereocenters. The van der Waals surface area contributed by atoms with Gasteiger partial charge in [0.05, 0.1) is 11.1 Å². The maximum Gasteiger partial charge on any atom is 0.314 e. The second-order valence-corrected chi connectivity index (χ2v) is 5.17. The summed E-state index contributed by atoms with van der Waals surface area (Å²) in [4.78, 5) is 15.5. The molecule has 1 aromatic carbocycles. The molecule has 0 radical (unpaired) electrons. The fourth-order valence-electron chi connectivity index (χ4n) is 2.47. The fraction of sp³-hybridized carbons (Fsp3) is 0.250. The van der Waals surface area contributed by atoms with Crippen LogP contribution >= 0.6 is 0 Å². The number of rotatable bonds is 4. The number of aliphatic hydroxyl groups is 1. The number of benzene rings is 1. The van der Waals surface area contributed by atoms with Crippen LogP contribution in [-0.2, 0) is 10.2 Å². The molecule has 1 fully saturated rings. The third-order valence-corrected chi connectivity index (χ3v) is 3.88. The van der Waals surface area contributed by atoms with Gasteiger partial charge in [0.25, 0.3) is 0 Å². The normalized spacial score (nSPS) is 17.4. The van der Waals surface area contributed by atoms with E-state index in [0.29, 0.717) is 24.1 Å². The highest BCUT2D eigenvalue weighted by atomic mass is 16.4. The lowest BCUT2D eigenvalue weighted by Crippen LogP contribution is -2.19. The predicted molar refractivity (Wildman–Crippen MR) is 73.3 cm³/mol. The lowest BCUT2D eigenvalue weighted by Gasteiger charge is -2.15. The maximum absolute atomic E-state index is 11.4. The highest BCUT2D eigenvalue weighted by Gasteiger charge is 2.51. The molecule has 0 bridgehead atoms. The summed E-state index contributed by atoms with van der Waals surface area (Å²) in [5.74, 6) is -0.790. The van der Waals surface area contributed by atoms with Crippen molar-refractivity contribution in [2.45, 2.75) is 24.4 Å². The zero-order valence-electron chi connectivity index (χ0n) is 10.9. The summed E-state index contributed by atoms with van der Waals surface area (Å²) in [7, 11) is 0. The van der Waals surface area contributed by atoms with Gasteiger partial charge in [0.1, 0.15) is 6.10 Å². The lowest BCUT2D eigenvalue weighted by atomic mass is 9.93. The monoisotopic (exact) mass is 269 g/mol. The Bertz CT molecular complexity index is 635. The minimum Gasteiger partial charge on any atom is -0.481 e. The van der Waals surface area contributed by atoms with Gasteiger partial charge in [-0.25, -0.2) is 0 Å². The molecule has 102 valence electrons. The number of aliphatic carboxylic acids is 1. The number of pyridine rings is 1. The number of nitrogens with zero attached hydrogens (tertiary/aromatic N) is 1. The van der Waals surface area contributed by atoms with E-state index in [1.807, 2.05) is 12.1 Å². The predicted octanol–water partition coefficient (Wildman–Crippen LogP) is 2.28. The van der Waals surface area contributed by atoms with E-state index < -0.39 is 17.5 Å². The fourth-order valence-corrected chi connectivity index (χ4v) is 2.47. The molecule has 1 aliphatic rings. The average molecular weight is 269 g/mol. The molecule has 1 aromatic heterocycles. The number of carbonyl (C=O) groups is 1. The van der Waals surface area contributed by atoms with Crippen molar-refractivity contribution in [3.63, 3.8) is 0 Å². The molecule has 1 aliphatic carbocycles. The van der Waals surface area contributed by atoms with Crippen LogP contribution in [0.4, 0.5) is 0 Å². The van der Waals surface area contributed by atoms with Crippen molar-refractivity contribution < 1.29 is 15.0 Å². The van der Waals surface area contributed by atoms with E-state index in [1.54, 1.807) is 36.5 Å². The molecule has 20 heavy (non-hydrogen) atoms. The Kier molecular flexibility index (Phi) is 3.03. The van der Waals surface area contributed by atoms with Crippen molar-refractivity contribution in [2.75, 3.05) is 0 Å². The number of carboxylic acid groups (broad SMARTS) is 1. The third kappa shape index (κ3) is 2.08. The zero-order chi connectivity index (χ0) is 14.2. The number of hydrogen-bond acceptors (Lipinski definition) is 3. The number of aliphatic hydroxyl groups excluding tert-OH is 1. The van der Waals surface area contributed by atoms with E-state index in [0.717, 1.165) is 5.56 Å². The standard InChI is InChI=1S/C16H15NO3/c18-14(13-6-1-2-9-17-13)11-4-3-5-12(10-11)16(7-8-16)15(19)20/h1-6,9-10,14,18H,7-8H2,(H,19,20). The smallest absolute Gasteiger partial charge is 0.314 e. The van der Waals surface area contributed by atoms with Gasteiger partial charge < -0.3 is 10.2 Å². The van der Waals surface area contributed by atoms with Crippen LogP contribution in [-0.4, -0.2) is 21.2 Å². The van der Waals surface area contributed by atoms with Crippen LogP contribution in [0.2, 0.25) is 0 Å². The van der Waals surface area contributed by atoms with Crippen LogP contribution < -0.4 is 0 Å². The number of carboxylic acids is 1. The van der Waals surface area contributed by atoms with Crippen LogP contribution in [0, 0.1) is 0 Å². The van der Waals surface area contributed by atoms with Gasteiger partial charge >= 0.3 is 5.97 Å². The molecule has 0 amide bonds. The van der Waals surface area contributed by atoms with Crippen molar-refractivity contribution >= 4 is 5.97 Å². The molecule has 1 unspecified atom stereocenters. The number of aromatic nitrogens is 1. The lowest BCUT2D eigenvalue weighted by molar-refractivity contribution is -0.140. The summed E-state index contributed by atoms with van der Waals surface area (Å²) in [5.41, 5.74) is 1.25. The molecule has 3 rings (SSSR count).